The molecule has 2 aliphatic rings. The van der Waals surface area contributed by atoms with Crippen LogP contribution in [0.5, 0.6) is 17.4 Å². The molecule has 2 fully saturated rings. The molecule has 28 heavy (non-hydrogen) atoms. The number of aromatic nitrogens is 2. The molecule has 1 saturated carbocycles. The van der Waals surface area contributed by atoms with E-state index in [1.807, 2.05) is 18.2 Å². The Kier molecular flexibility index (Phi) is 5.68. The van der Waals surface area contributed by atoms with Gasteiger partial charge in [-0.2, -0.15) is 4.98 Å². The molecule has 8 heteroatoms. The van der Waals surface area contributed by atoms with Gasteiger partial charge in [0, 0.05) is 24.2 Å². The van der Waals surface area contributed by atoms with Crippen LogP contribution in [0.25, 0.3) is 11.3 Å². The number of hydrogen-bond acceptors (Lipinski definition) is 7. The first kappa shape index (κ1) is 19.0. The maximum Gasteiger partial charge on any atom is 0.454 e. The summed E-state index contributed by atoms with van der Waals surface area (Å²) in [5.41, 5.74) is 1.64. The molecule has 1 aliphatic heterocycles. The molecule has 148 valence electrons. The Labute approximate surface area is 165 Å². The third-order valence-electron chi connectivity index (χ3n) is 5.33. The van der Waals surface area contributed by atoms with Gasteiger partial charge in [-0.05, 0) is 50.2 Å². The van der Waals surface area contributed by atoms with Crippen molar-refractivity contribution in [3.05, 3.63) is 30.1 Å². The Hall–Kier alpha value is -2.32. The van der Waals surface area contributed by atoms with Crippen LogP contribution >= 0.6 is 0 Å². The molecule has 1 aromatic carbocycles. The summed E-state index contributed by atoms with van der Waals surface area (Å²) in [7, 11) is 2.46. The predicted octanol–water partition coefficient (Wildman–Crippen LogP) is 3.08. The third-order valence-corrected chi connectivity index (χ3v) is 5.33. The van der Waals surface area contributed by atoms with Crippen LogP contribution in [0.2, 0.25) is 6.32 Å². The zero-order valence-electron chi connectivity index (χ0n) is 16.3. The fourth-order valence-corrected chi connectivity index (χ4v) is 3.78. The van der Waals surface area contributed by atoms with E-state index >= 15 is 0 Å². The van der Waals surface area contributed by atoms with Crippen LogP contribution in [0.4, 0.5) is 0 Å². The zero-order valence-corrected chi connectivity index (χ0v) is 16.3. The molecule has 1 N–H and O–H groups in total. The summed E-state index contributed by atoms with van der Waals surface area (Å²) in [4.78, 5) is 9.17. The molecule has 1 aromatic heterocycles. The van der Waals surface area contributed by atoms with Gasteiger partial charge in [-0.25, -0.2) is 4.98 Å². The lowest BCUT2D eigenvalue weighted by atomic mass is 9.82. The van der Waals surface area contributed by atoms with Gasteiger partial charge in [0.15, 0.2) is 11.5 Å². The van der Waals surface area contributed by atoms with Crippen LogP contribution in [-0.4, -0.2) is 49.0 Å². The topological polar surface area (TPSA) is 82.9 Å². The fraction of sp³-hybridized carbons (Fsp3) is 0.500. The van der Waals surface area contributed by atoms with Crippen LogP contribution in [0.3, 0.4) is 0 Å². The second-order valence-corrected chi connectivity index (χ2v) is 7.26. The quantitative estimate of drug-likeness (QED) is 0.767. The molecule has 0 radical (unpaired) electrons. The molecular weight excluding hydrogens is 359 g/mol. The van der Waals surface area contributed by atoms with Crippen molar-refractivity contribution in [2.45, 2.75) is 44.0 Å². The molecule has 4 rings (SSSR count). The number of nitrogens with zero attached hydrogens (tertiary/aromatic N) is 2. The molecule has 2 heterocycles. The Morgan fingerprint density at radius 2 is 1.89 bits per heavy atom. The minimum Gasteiger partial charge on any atom is -0.493 e. The lowest BCUT2D eigenvalue weighted by Crippen LogP contribution is -2.11. The van der Waals surface area contributed by atoms with E-state index in [1.165, 1.54) is 12.8 Å². The van der Waals surface area contributed by atoms with E-state index in [1.54, 1.807) is 20.3 Å². The first-order valence-electron chi connectivity index (χ1n) is 9.74. The lowest BCUT2D eigenvalue weighted by Gasteiger charge is -2.17. The second-order valence-electron chi connectivity index (χ2n) is 7.26. The van der Waals surface area contributed by atoms with Crippen LogP contribution in [0.15, 0.2) is 24.3 Å². The standard InChI is InChI=1S/C20H25BN2O5/c1-25-17-8-7-13(9-18(17)28-15-5-3-4-6-15)16-10-19(26-2)23-20(22-16)14-11-21(24)27-12-14/h7-10,14-15,24H,3-6,11-12H2,1-2H3/t14-/m1/s1. The normalized spacial score (nSPS) is 19.8. The molecular formula is C20H25BN2O5. The van der Waals surface area contributed by atoms with Crippen LogP contribution < -0.4 is 14.2 Å². The largest absolute Gasteiger partial charge is 0.493 e. The summed E-state index contributed by atoms with van der Waals surface area (Å²) in [6, 6.07) is 7.61. The van der Waals surface area contributed by atoms with E-state index < -0.39 is 7.12 Å². The summed E-state index contributed by atoms with van der Waals surface area (Å²) in [6.45, 7) is 0.395. The lowest BCUT2D eigenvalue weighted by molar-refractivity contribution is 0.201. The van der Waals surface area contributed by atoms with Crippen LogP contribution in [0.1, 0.15) is 37.4 Å². The van der Waals surface area contributed by atoms with Gasteiger partial charge in [0.05, 0.1) is 26.0 Å². The van der Waals surface area contributed by atoms with Gasteiger partial charge < -0.3 is 23.9 Å². The summed E-state index contributed by atoms with van der Waals surface area (Å²) >= 11 is 0. The van der Waals surface area contributed by atoms with E-state index in [0.29, 0.717) is 30.4 Å². The summed E-state index contributed by atoms with van der Waals surface area (Å²) < 4.78 is 22.3. The maximum absolute atomic E-state index is 9.66. The molecule has 2 aromatic rings. The third kappa shape index (κ3) is 4.08. The van der Waals surface area contributed by atoms with Gasteiger partial charge >= 0.3 is 7.12 Å². The zero-order chi connectivity index (χ0) is 19.5. The van der Waals surface area contributed by atoms with Crippen molar-refractivity contribution in [2.24, 2.45) is 0 Å². The Bertz CT molecular complexity index is 828. The molecule has 1 atom stereocenters. The van der Waals surface area contributed by atoms with E-state index in [-0.39, 0.29) is 12.0 Å². The smallest absolute Gasteiger partial charge is 0.454 e. The summed E-state index contributed by atoms with van der Waals surface area (Å²) in [5.74, 6) is 2.47. The summed E-state index contributed by atoms with van der Waals surface area (Å²) in [6.07, 6.45) is 5.26. The monoisotopic (exact) mass is 384 g/mol. The summed E-state index contributed by atoms with van der Waals surface area (Å²) in [5, 5.41) is 9.66. The van der Waals surface area contributed by atoms with E-state index in [0.717, 1.165) is 29.8 Å². The number of benzene rings is 1. The minimum atomic E-state index is -0.768. The van der Waals surface area contributed by atoms with Crippen molar-refractivity contribution < 1.29 is 23.9 Å². The van der Waals surface area contributed by atoms with Gasteiger partial charge in [-0.15, -0.1) is 0 Å². The first-order valence-corrected chi connectivity index (χ1v) is 9.74. The minimum absolute atomic E-state index is 0.0590. The second kappa shape index (κ2) is 8.37. The van der Waals surface area contributed by atoms with Crippen molar-refractivity contribution in [1.82, 2.24) is 9.97 Å². The first-order chi connectivity index (χ1) is 13.7. The molecule has 7 nitrogen and oxygen atoms in total. The van der Waals surface area contributed by atoms with Gasteiger partial charge in [0.2, 0.25) is 5.88 Å². The van der Waals surface area contributed by atoms with Crippen LogP contribution in [-0.2, 0) is 4.65 Å². The predicted molar refractivity (Wildman–Crippen MR) is 105 cm³/mol. The number of hydrogen-bond donors (Lipinski definition) is 1. The molecule has 1 saturated heterocycles. The molecule has 0 bridgehead atoms. The van der Waals surface area contributed by atoms with Crippen molar-refractivity contribution in [2.75, 3.05) is 20.8 Å². The van der Waals surface area contributed by atoms with Gasteiger partial charge in [-0.3, -0.25) is 0 Å². The van der Waals surface area contributed by atoms with Crippen molar-refractivity contribution in [1.29, 1.82) is 0 Å². The highest BCUT2D eigenvalue weighted by molar-refractivity contribution is 6.43. The molecule has 1 aliphatic carbocycles. The SMILES string of the molecule is COc1cc(-c2ccc(OC)c(OC3CCCC3)c2)nc([C@H]2COB(O)C2)n1. The molecule has 0 amide bonds. The molecule has 0 spiro atoms. The Morgan fingerprint density at radius 1 is 1.07 bits per heavy atom. The number of methoxy groups -OCH3 is 2. The maximum atomic E-state index is 9.66. The number of rotatable bonds is 6. The highest BCUT2D eigenvalue weighted by Gasteiger charge is 2.32. The van der Waals surface area contributed by atoms with Gasteiger partial charge in [0.1, 0.15) is 5.82 Å². The van der Waals surface area contributed by atoms with Crippen molar-refractivity contribution >= 4 is 7.12 Å². The van der Waals surface area contributed by atoms with E-state index in [4.69, 9.17) is 23.8 Å². The van der Waals surface area contributed by atoms with Gasteiger partial charge in [-0.1, -0.05) is 0 Å². The van der Waals surface area contributed by atoms with Crippen molar-refractivity contribution in [3.63, 3.8) is 0 Å². The Morgan fingerprint density at radius 3 is 2.57 bits per heavy atom. The van der Waals surface area contributed by atoms with Crippen LogP contribution in [0, 0.1) is 0 Å². The Balaban J connectivity index is 1.67. The van der Waals surface area contributed by atoms with Gasteiger partial charge in [0.25, 0.3) is 0 Å². The average Bonchev–Trinajstić information content (AvgIpc) is 3.39. The fourth-order valence-electron chi connectivity index (χ4n) is 3.78. The molecule has 0 unspecified atom stereocenters. The number of ether oxygens (including phenoxy) is 3. The van der Waals surface area contributed by atoms with Crippen molar-refractivity contribution in [3.8, 4) is 28.6 Å². The highest BCUT2D eigenvalue weighted by atomic mass is 16.5. The highest BCUT2D eigenvalue weighted by Crippen LogP contribution is 2.36. The van der Waals surface area contributed by atoms with E-state index in [2.05, 4.69) is 4.98 Å². The average molecular weight is 384 g/mol. The van der Waals surface area contributed by atoms with E-state index in [9.17, 15) is 5.02 Å².